The largest absolute Gasteiger partial charge is 0.404 e. The molecule has 5 nitrogen and oxygen atoms in total. The first-order valence-corrected chi connectivity index (χ1v) is 4.24. The molecule has 74 valence electrons. The maximum atomic E-state index is 5.67. The predicted octanol–water partition coefficient (Wildman–Crippen LogP) is 1.04. The lowest BCUT2D eigenvalue weighted by Gasteiger charge is -2.02. The van der Waals surface area contributed by atoms with E-state index in [1.54, 1.807) is 25.4 Å². The summed E-state index contributed by atoms with van der Waals surface area (Å²) < 4.78 is 0. The van der Waals surface area contributed by atoms with Crippen molar-refractivity contribution in [2.75, 3.05) is 12.4 Å². The van der Waals surface area contributed by atoms with E-state index in [1.165, 1.54) is 6.20 Å². The number of nitrogens with zero attached hydrogens (tertiary/aromatic N) is 3. The van der Waals surface area contributed by atoms with Crippen LogP contribution in [0.1, 0.15) is 0 Å². The number of aliphatic imine (C=N–C) groups is 1. The van der Waals surface area contributed by atoms with Crippen LogP contribution in [0.25, 0.3) is 0 Å². The fraction of sp³-hybridized carbons (Fsp3) is 0.125. The molecule has 0 fully saturated rings. The number of amidine groups is 1. The molecular formula is C8H10ClN5. The normalized spacial score (nSPS) is 12.0. The Balaban J connectivity index is 2.77. The Hall–Kier alpha value is -1.62. The molecule has 1 rings (SSSR count). The van der Waals surface area contributed by atoms with E-state index in [1.807, 2.05) is 0 Å². The molecule has 1 heterocycles. The first kappa shape index (κ1) is 10.5. The van der Waals surface area contributed by atoms with Gasteiger partial charge in [0.15, 0.2) is 0 Å². The van der Waals surface area contributed by atoms with E-state index in [2.05, 4.69) is 20.3 Å². The molecule has 0 saturated heterocycles. The average Bonchev–Trinajstić information content (AvgIpc) is 2.17. The highest BCUT2D eigenvalue weighted by atomic mass is 35.5. The summed E-state index contributed by atoms with van der Waals surface area (Å²) in [5, 5.41) is 3.22. The molecule has 6 heteroatoms. The molecule has 0 atom stereocenters. The number of nitrogens with two attached hydrogens (primary N) is 1. The Morgan fingerprint density at radius 1 is 1.71 bits per heavy atom. The zero-order valence-corrected chi connectivity index (χ0v) is 8.36. The zero-order valence-electron chi connectivity index (χ0n) is 7.61. The molecule has 0 saturated carbocycles. The second-order valence-electron chi connectivity index (χ2n) is 2.30. The van der Waals surface area contributed by atoms with Crippen LogP contribution in [0.2, 0.25) is 5.15 Å². The van der Waals surface area contributed by atoms with Gasteiger partial charge in [0.25, 0.3) is 0 Å². The van der Waals surface area contributed by atoms with Crippen LogP contribution in [0.3, 0.4) is 0 Å². The van der Waals surface area contributed by atoms with E-state index >= 15 is 0 Å². The summed E-state index contributed by atoms with van der Waals surface area (Å²) in [7, 11) is 1.63. The Labute approximate surface area is 86.7 Å². The number of hydrogen-bond acceptors (Lipinski definition) is 4. The van der Waals surface area contributed by atoms with Gasteiger partial charge in [-0.3, -0.25) is 4.99 Å². The number of halogens is 1. The minimum Gasteiger partial charge on any atom is -0.404 e. The summed E-state index contributed by atoms with van der Waals surface area (Å²) in [4.78, 5) is 11.8. The molecule has 0 radical (unpaired) electrons. The van der Waals surface area contributed by atoms with Gasteiger partial charge < -0.3 is 11.1 Å². The van der Waals surface area contributed by atoms with E-state index in [9.17, 15) is 0 Å². The van der Waals surface area contributed by atoms with Gasteiger partial charge in [0.1, 0.15) is 11.0 Å². The van der Waals surface area contributed by atoms with Crippen molar-refractivity contribution in [3.63, 3.8) is 0 Å². The maximum Gasteiger partial charge on any atom is 0.229 e. The Morgan fingerprint density at radius 3 is 3.07 bits per heavy atom. The van der Waals surface area contributed by atoms with Gasteiger partial charge in [-0.05, 0) is 18.3 Å². The van der Waals surface area contributed by atoms with Crippen molar-refractivity contribution >= 4 is 23.4 Å². The summed E-state index contributed by atoms with van der Waals surface area (Å²) in [6.45, 7) is 0. The SMILES string of the molecule is CN=C(/C=C\N)Nc1nccc(Cl)n1. The minimum atomic E-state index is 0.370. The fourth-order valence-corrected chi connectivity index (χ4v) is 0.911. The molecule has 14 heavy (non-hydrogen) atoms. The van der Waals surface area contributed by atoms with Crippen LogP contribution in [-0.2, 0) is 0 Å². The molecule has 0 aliphatic heterocycles. The van der Waals surface area contributed by atoms with Gasteiger partial charge in [0, 0.05) is 13.2 Å². The van der Waals surface area contributed by atoms with Gasteiger partial charge in [-0.15, -0.1) is 0 Å². The van der Waals surface area contributed by atoms with Crippen LogP contribution in [0, 0.1) is 0 Å². The van der Waals surface area contributed by atoms with Crippen molar-refractivity contribution in [1.82, 2.24) is 9.97 Å². The van der Waals surface area contributed by atoms with Gasteiger partial charge in [-0.2, -0.15) is 0 Å². The Kier molecular flexibility index (Phi) is 3.87. The third-order valence-corrected chi connectivity index (χ3v) is 1.57. The Morgan fingerprint density at radius 2 is 2.50 bits per heavy atom. The third kappa shape index (κ3) is 3.02. The molecule has 0 aliphatic carbocycles. The quantitative estimate of drug-likeness (QED) is 0.436. The number of rotatable bonds is 2. The standard InChI is InChI=1S/C8H10ClN5/c1-11-7(2-4-10)14-8-12-5-3-6(9)13-8/h2-5H,10H2,1H3,(H,11,12,13,14)/b4-2-. The van der Waals surface area contributed by atoms with Gasteiger partial charge >= 0.3 is 0 Å². The van der Waals surface area contributed by atoms with Gasteiger partial charge in [0.05, 0.1) is 0 Å². The Bertz CT molecular complexity index is 361. The smallest absolute Gasteiger partial charge is 0.229 e. The number of anilines is 1. The molecule has 0 amide bonds. The average molecular weight is 212 g/mol. The van der Waals surface area contributed by atoms with Crippen LogP contribution in [0.15, 0.2) is 29.5 Å². The molecule has 0 aliphatic rings. The number of aromatic nitrogens is 2. The lowest BCUT2D eigenvalue weighted by atomic mass is 10.5. The van der Waals surface area contributed by atoms with Crippen LogP contribution >= 0.6 is 11.6 Å². The van der Waals surface area contributed by atoms with Gasteiger partial charge in [-0.25, -0.2) is 9.97 Å². The zero-order chi connectivity index (χ0) is 10.4. The highest BCUT2D eigenvalue weighted by Crippen LogP contribution is 2.05. The van der Waals surface area contributed by atoms with E-state index in [-0.39, 0.29) is 0 Å². The minimum absolute atomic E-state index is 0.370. The predicted molar refractivity (Wildman–Crippen MR) is 57.4 cm³/mol. The van der Waals surface area contributed by atoms with Crippen LogP contribution < -0.4 is 11.1 Å². The number of hydrogen-bond donors (Lipinski definition) is 2. The molecule has 0 unspecified atom stereocenters. The summed E-state index contributed by atoms with van der Waals surface area (Å²) in [5.41, 5.74) is 5.22. The lowest BCUT2D eigenvalue weighted by molar-refractivity contribution is 1.17. The monoisotopic (exact) mass is 211 g/mol. The van der Waals surface area contributed by atoms with E-state index in [0.29, 0.717) is 16.9 Å². The first-order valence-electron chi connectivity index (χ1n) is 3.87. The number of nitrogens with one attached hydrogen (secondary N) is 1. The topological polar surface area (TPSA) is 76.2 Å². The summed E-state index contributed by atoms with van der Waals surface area (Å²) >= 11 is 5.67. The maximum absolute atomic E-state index is 5.67. The highest BCUT2D eigenvalue weighted by molar-refractivity contribution is 6.29. The van der Waals surface area contributed by atoms with Crippen molar-refractivity contribution in [3.05, 3.63) is 29.7 Å². The molecule has 0 aromatic carbocycles. The molecule has 1 aromatic rings. The van der Waals surface area contributed by atoms with E-state index in [0.717, 1.165) is 0 Å². The van der Waals surface area contributed by atoms with E-state index < -0.39 is 0 Å². The van der Waals surface area contributed by atoms with E-state index in [4.69, 9.17) is 17.3 Å². The van der Waals surface area contributed by atoms with Crippen LogP contribution in [0.5, 0.6) is 0 Å². The van der Waals surface area contributed by atoms with Crippen molar-refractivity contribution in [2.24, 2.45) is 10.7 Å². The van der Waals surface area contributed by atoms with Gasteiger partial charge in [-0.1, -0.05) is 11.6 Å². The molecular weight excluding hydrogens is 202 g/mol. The van der Waals surface area contributed by atoms with Crippen molar-refractivity contribution in [1.29, 1.82) is 0 Å². The van der Waals surface area contributed by atoms with Crippen LogP contribution in [0.4, 0.5) is 5.95 Å². The molecule has 3 N–H and O–H groups in total. The van der Waals surface area contributed by atoms with Crippen LogP contribution in [-0.4, -0.2) is 22.9 Å². The summed E-state index contributed by atoms with van der Waals surface area (Å²) in [5.74, 6) is 0.950. The van der Waals surface area contributed by atoms with Crippen molar-refractivity contribution in [3.8, 4) is 0 Å². The first-order chi connectivity index (χ1) is 6.76. The third-order valence-electron chi connectivity index (χ3n) is 1.36. The fourth-order valence-electron chi connectivity index (χ4n) is 0.775. The highest BCUT2D eigenvalue weighted by Gasteiger charge is 1.98. The lowest BCUT2D eigenvalue weighted by Crippen LogP contribution is -2.11. The van der Waals surface area contributed by atoms with Crippen molar-refractivity contribution < 1.29 is 0 Å². The molecule has 0 spiro atoms. The molecule has 0 bridgehead atoms. The second-order valence-corrected chi connectivity index (χ2v) is 2.68. The second kappa shape index (κ2) is 5.18. The molecule has 1 aromatic heterocycles. The van der Waals surface area contributed by atoms with Gasteiger partial charge in [0.2, 0.25) is 5.95 Å². The van der Waals surface area contributed by atoms with Crippen molar-refractivity contribution in [2.45, 2.75) is 0 Å². The summed E-state index contributed by atoms with van der Waals surface area (Å²) in [6.07, 6.45) is 4.53. The summed E-state index contributed by atoms with van der Waals surface area (Å²) in [6, 6.07) is 1.59.